The number of hydrogen-bond acceptors (Lipinski definition) is 5. The summed E-state index contributed by atoms with van der Waals surface area (Å²) in [6.45, 7) is 1.84. The number of nitrogens with zero attached hydrogens (tertiary/aromatic N) is 5. The van der Waals surface area contributed by atoms with Gasteiger partial charge in [0.2, 0.25) is 11.8 Å². The number of anilines is 1. The molecule has 0 bridgehead atoms. The van der Waals surface area contributed by atoms with Gasteiger partial charge in [0, 0.05) is 36.2 Å². The van der Waals surface area contributed by atoms with Crippen LogP contribution < -0.4 is 15.0 Å². The zero-order valence-corrected chi connectivity index (χ0v) is 21.9. The van der Waals surface area contributed by atoms with E-state index in [9.17, 15) is 9.59 Å². The fourth-order valence-corrected chi connectivity index (χ4v) is 4.38. The number of halogens is 3. The Balaban J connectivity index is 1.46. The fraction of sp³-hybridized carbons (Fsp3) is 0.217. The molecule has 1 aromatic carbocycles. The molecule has 0 aliphatic rings. The third-order valence-electron chi connectivity index (χ3n) is 5.31. The number of amides is 2. The van der Waals surface area contributed by atoms with E-state index in [4.69, 9.17) is 27.9 Å². The molecule has 0 saturated carbocycles. The Morgan fingerprint density at radius 1 is 1.23 bits per heavy atom. The van der Waals surface area contributed by atoms with Crippen LogP contribution in [0.1, 0.15) is 11.3 Å². The summed E-state index contributed by atoms with van der Waals surface area (Å²) in [5.74, 6) is -0.0949. The highest BCUT2D eigenvalue weighted by Crippen LogP contribution is 2.35. The van der Waals surface area contributed by atoms with Crippen molar-refractivity contribution in [3.05, 3.63) is 75.1 Å². The van der Waals surface area contributed by atoms with Gasteiger partial charge in [-0.1, -0.05) is 23.2 Å². The van der Waals surface area contributed by atoms with E-state index in [0.717, 1.165) is 10.3 Å². The molecule has 9 nitrogen and oxygen atoms in total. The number of fused-ring (bicyclic) bond motifs is 1. The number of aromatic nitrogens is 4. The van der Waals surface area contributed by atoms with Crippen LogP contribution in [0.4, 0.5) is 5.69 Å². The van der Waals surface area contributed by atoms with E-state index in [-0.39, 0.29) is 36.5 Å². The Kier molecular flexibility index (Phi) is 7.63. The van der Waals surface area contributed by atoms with Gasteiger partial charge in [-0.3, -0.25) is 14.0 Å². The third kappa shape index (κ3) is 5.44. The van der Waals surface area contributed by atoms with Gasteiger partial charge in [-0.05, 0) is 47.1 Å². The van der Waals surface area contributed by atoms with Crippen LogP contribution in [-0.4, -0.2) is 44.3 Å². The van der Waals surface area contributed by atoms with Crippen molar-refractivity contribution >= 4 is 62.3 Å². The standard InChI is InChI=1S/C23H21BrCl2N6O3/c1-14-22(24)32-8-3-4-18(23(32)29-14)35-12-15-16(25)5-6-17(21(15)26)30(2)20(34)10-28-19(33)11-31-9-7-27-13-31/h3-9,13H,10-12H2,1-2H3,(H,28,33). The first kappa shape index (κ1) is 25.0. The molecule has 0 aliphatic heterocycles. The lowest BCUT2D eigenvalue weighted by atomic mass is 10.2. The summed E-state index contributed by atoms with van der Waals surface area (Å²) in [4.78, 5) is 34.6. The molecule has 0 spiro atoms. The number of ether oxygens (including phenoxy) is 1. The minimum absolute atomic E-state index is 0.0678. The number of pyridine rings is 1. The van der Waals surface area contributed by atoms with Crippen LogP contribution in [0.15, 0.2) is 53.8 Å². The van der Waals surface area contributed by atoms with E-state index >= 15 is 0 Å². The largest absolute Gasteiger partial charge is 0.485 e. The number of imidazole rings is 2. The first-order valence-corrected chi connectivity index (χ1v) is 12.0. The molecule has 4 aromatic rings. The highest BCUT2D eigenvalue weighted by atomic mass is 79.9. The number of nitrogens with one attached hydrogen (secondary N) is 1. The van der Waals surface area contributed by atoms with Crippen molar-refractivity contribution in [2.45, 2.75) is 20.1 Å². The molecule has 2 amide bonds. The average molecular weight is 580 g/mol. The summed E-state index contributed by atoms with van der Waals surface area (Å²) in [6, 6.07) is 6.96. The van der Waals surface area contributed by atoms with Gasteiger partial charge in [0.15, 0.2) is 11.4 Å². The maximum absolute atomic E-state index is 12.7. The van der Waals surface area contributed by atoms with E-state index in [2.05, 4.69) is 31.2 Å². The highest BCUT2D eigenvalue weighted by molar-refractivity contribution is 9.10. The molecule has 182 valence electrons. The van der Waals surface area contributed by atoms with Gasteiger partial charge in [0.1, 0.15) is 17.8 Å². The van der Waals surface area contributed by atoms with Crippen molar-refractivity contribution in [1.29, 1.82) is 0 Å². The molecular formula is C23H21BrCl2N6O3. The molecule has 0 saturated heterocycles. The summed E-state index contributed by atoms with van der Waals surface area (Å²) >= 11 is 16.6. The van der Waals surface area contributed by atoms with Crippen molar-refractivity contribution in [2.24, 2.45) is 0 Å². The van der Waals surface area contributed by atoms with Crippen molar-refractivity contribution in [3.63, 3.8) is 0 Å². The van der Waals surface area contributed by atoms with Crippen molar-refractivity contribution in [1.82, 2.24) is 24.3 Å². The second kappa shape index (κ2) is 10.7. The van der Waals surface area contributed by atoms with Crippen LogP contribution in [-0.2, 0) is 22.7 Å². The summed E-state index contributed by atoms with van der Waals surface area (Å²) in [6.07, 6.45) is 6.64. The molecule has 3 heterocycles. The number of carbonyl (C=O) groups excluding carboxylic acids is 2. The molecule has 0 fully saturated rings. The molecule has 0 atom stereocenters. The van der Waals surface area contributed by atoms with Crippen molar-refractivity contribution in [2.75, 3.05) is 18.5 Å². The van der Waals surface area contributed by atoms with Crippen molar-refractivity contribution in [3.8, 4) is 5.75 Å². The van der Waals surface area contributed by atoms with Gasteiger partial charge in [0.25, 0.3) is 0 Å². The van der Waals surface area contributed by atoms with Crippen LogP contribution in [0.3, 0.4) is 0 Å². The number of aryl methyl sites for hydroxylation is 1. The van der Waals surface area contributed by atoms with Gasteiger partial charge in [0.05, 0.1) is 29.3 Å². The minimum Gasteiger partial charge on any atom is -0.485 e. The third-order valence-corrected chi connectivity index (χ3v) is 7.04. The number of hydrogen-bond donors (Lipinski definition) is 1. The summed E-state index contributed by atoms with van der Waals surface area (Å²) in [5, 5.41) is 3.29. The zero-order chi connectivity index (χ0) is 25.1. The lowest BCUT2D eigenvalue weighted by Crippen LogP contribution is -2.39. The molecule has 12 heteroatoms. The quantitative estimate of drug-likeness (QED) is 0.336. The van der Waals surface area contributed by atoms with Gasteiger partial charge in [-0.15, -0.1) is 0 Å². The molecule has 0 radical (unpaired) electrons. The molecule has 3 aromatic heterocycles. The average Bonchev–Trinajstić information content (AvgIpc) is 3.45. The van der Waals surface area contributed by atoms with Gasteiger partial charge >= 0.3 is 0 Å². The van der Waals surface area contributed by atoms with E-state index in [1.54, 1.807) is 36.1 Å². The van der Waals surface area contributed by atoms with Gasteiger partial charge in [-0.2, -0.15) is 0 Å². The van der Waals surface area contributed by atoms with Crippen LogP contribution in [0.25, 0.3) is 5.65 Å². The molecule has 35 heavy (non-hydrogen) atoms. The monoisotopic (exact) mass is 578 g/mol. The van der Waals surface area contributed by atoms with Gasteiger partial charge < -0.3 is 19.5 Å². The normalized spacial score (nSPS) is 11.0. The summed E-state index contributed by atoms with van der Waals surface area (Å²) < 4.78 is 10.3. The summed E-state index contributed by atoms with van der Waals surface area (Å²) in [7, 11) is 1.58. The molecule has 0 aliphatic carbocycles. The smallest absolute Gasteiger partial charge is 0.246 e. The molecule has 0 unspecified atom stereocenters. The van der Waals surface area contributed by atoms with Crippen LogP contribution in [0.5, 0.6) is 5.75 Å². The lowest BCUT2D eigenvalue weighted by molar-refractivity contribution is -0.125. The first-order valence-electron chi connectivity index (χ1n) is 10.5. The maximum Gasteiger partial charge on any atom is 0.246 e. The van der Waals surface area contributed by atoms with E-state index in [0.29, 0.717) is 27.7 Å². The predicted molar refractivity (Wildman–Crippen MR) is 137 cm³/mol. The first-order chi connectivity index (χ1) is 16.8. The molecule has 4 rings (SSSR count). The fourth-order valence-electron chi connectivity index (χ4n) is 3.40. The number of rotatable bonds is 8. The van der Waals surface area contributed by atoms with Crippen molar-refractivity contribution < 1.29 is 14.3 Å². The Hall–Kier alpha value is -3.08. The van der Waals surface area contributed by atoms with Crippen LogP contribution in [0, 0.1) is 6.92 Å². The Bertz CT molecular complexity index is 1390. The number of likely N-dealkylation sites (N-methyl/N-ethyl adjacent to an activating group) is 1. The van der Waals surface area contributed by atoms with Crippen LogP contribution in [0.2, 0.25) is 10.0 Å². The highest BCUT2D eigenvalue weighted by Gasteiger charge is 2.20. The van der Waals surface area contributed by atoms with Crippen LogP contribution >= 0.6 is 39.1 Å². The second-order valence-electron chi connectivity index (χ2n) is 7.67. The molecule has 1 N–H and O–H groups in total. The lowest BCUT2D eigenvalue weighted by Gasteiger charge is -2.21. The Morgan fingerprint density at radius 2 is 2.03 bits per heavy atom. The van der Waals surface area contributed by atoms with E-state index in [1.165, 1.54) is 11.2 Å². The number of benzene rings is 1. The zero-order valence-electron chi connectivity index (χ0n) is 18.8. The second-order valence-corrected chi connectivity index (χ2v) is 9.20. The Labute approximate surface area is 219 Å². The minimum atomic E-state index is -0.345. The van der Waals surface area contributed by atoms with Gasteiger partial charge in [-0.25, -0.2) is 9.97 Å². The predicted octanol–water partition coefficient (Wildman–Crippen LogP) is 4.27. The van der Waals surface area contributed by atoms with E-state index < -0.39 is 0 Å². The number of carbonyl (C=O) groups is 2. The molecular weight excluding hydrogens is 559 g/mol. The SMILES string of the molecule is Cc1nc2c(OCc3c(Cl)ccc(N(C)C(=O)CNC(=O)Cn4ccnc4)c3Cl)cccn2c1Br. The summed E-state index contributed by atoms with van der Waals surface area (Å²) in [5.41, 5.74) is 2.45. The topological polar surface area (TPSA) is 93.8 Å². The Morgan fingerprint density at radius 3 is 2.77 bits per heavy atom. The maximum atomic E-state index is 12.7. The van der Waals surface area contributed by atoms with E-state index in [1.807, 2.05) is 29.7 Å².